The van der Waals surface area contributed by atoms with Crippen LogP contribution in [0.1, 0.15) is 64.8 Å². The van der Waals surface area contributed by atoms with Crippen LogP contribution in [-0.4, -0.2) is 53.4 Å². The first-order valence-electron chi connectivity index (χ1n) is 11.2. The Balaban J connectivity index is 1.50. The van der Waals surface area contributed by atoms with Crippen LogP contribution in [0.3, 0.4) is 0 Å². The van der Waals surface area contributed by atoms with Gasteiger partial charge in [-0.2, -0.15) is 0 Å². The van der Waals surface area contributed by atoms with Crippen LogP contribution in [0.4, 0.5) is 0 Å². The Morgan fingerprint density at radius 3 is 2.73 bits per heavy atom. The van der Waals surface area contributed by atoms with E-state index in [0.717, 1.165) is 44.3 Å². The molecule has 3 rings (SSSR count). The van der Waals surface area contributed by atoms with E-state index in [1.165, 1.54) is 35.4 Å². The molecule has 0 saturated carbocycles. The van der Waals surface area contributed by atoms with Crippen LogP contribution in [0, 0.1) is 12.8 Å². The van der Waals surface area contributed by atoms with Crippen molar-refractivity contribution in [3.63, 3.8) is 0 Å². The number of thiazole rings is 1. The molecule has 1 aliphatic rings. The van der Waals surface area contributed by atoms with Gasteiger partial charge in [0.05, 0.1) is 6.54 Å². The molecular weight excluding hydrogens is 412 g/mol. The Labute approximate surface area is 189 Å². The number of aryl methyl sites for hydroxylation is 1. The van der Waals surface area contributed by atoms with Crippen LogP contribution in [0.15, 0.2) is 17.5 Å². The van der Waals surface area contributed by atoms with Crippen molar-refractivity contribution >= 4 is 28.6 Å². The number of thiophene rings is 1. The maximum absolute atomic E-state index is 12.5. The van der Waals surface area contributed by atoms with E-state index in [9.17, 15) is 4.79 Å². The van der Waals surface area contributed by atoms with Gasteiger partial charge in [-0.25, -0.2) is 4.98 Å². The number of nitrogens with zero attached hydrogens (tertiary/aromatic N) is 3. The first-order valence-corrected chi connectivity index (χ1v) is 12.9. The summed E-state index contributed by atoms with van der Waals surface area (Å²) in [7, 11) is 0. The van der Waals surface area contributed by atoms with Crippen LogP contribution in [0.25, 0.3) is 0 Å². The molecule has 166 valence electrons. The SMILES string of the molecule is Cc1ccc(CN(CCC(C)C)Cc2nc(C(=O)NCCN3CCCCC3)cs2)s1. The van der Waals surface area contributed by atoms with Gasteiger partial charge in [-0.15, -0.1) is 22.7 Å². The number of carbonyl (C=O) groups is 1. The van der Waals surface area contributed by atoms with Gasteiger partial charge < -0.3 is 10.2 Å². The second-order valence-corrected chi connectivity index (χ2v) is 11.0. The molecule has 0 aromatic carbocycles. The third-order valence-electron chi connectivity index (χ3n) is 5.50. The zero-order valence-corrected chi connectivity index (χ0v) is 20.3. The Morgan fingerprint density at radius 2 is 2.03 bits per heavy atom. The maximum Gasteiger partial charge on any atom is 0.270 e. The van der Waals surface area contributed by atoms with Crippen molar-refractivity contribution in [1.29, 1.82) is 0 Å². The van der Waals surface area contributed by atoms with Gasteiger partial charge in [-0.1, -0.05) is 20.3 Å². The minimum atomic E-state index is -0.0443. The average Bonchev–Trinajstić information content (AvgIpc) is 3.36. The van der Waals surface area contributed by atoms with Crippen molar-refractivity contribution < 1.29 is 4.79 Å². The van der Waals surface area contributed by atoms with Gasteiger partial charge in [-0.05, 0) is 63.9 Å². The number of amides is 1. The number of rotatable bonds is 11. The number of nitrogens with one attached hydrogen (secondary N) is 1. The molecule has 7 heteroatoms. The van der Waals surface area contributed by atoms with Crippen LogP contribution in [-0.2, 0) is 13.1 Å². The predicted octanol–water partition coefficient (Wildman–Crippen LogP) is 4.78. The fraction of sp³-hybridized carbons (Fsp3) is 0.652. The van der Waals surface area contributed by atoms with Gasteiger partial charge >= 0.3 is 0 Å². The minimum Gasteiger partial charge on any atom is -0.349 e. The molecule has 0 bridgehead atoms. The molecule has 1 N–H and O–H groups in total. The van der Waals surface area contributed by atoms with Crippen LogP contribution in [0.2, 0.25) is 0 Å². The molecule has 3 heterocycles. The van der Waals surface area contributed by atoms with E-state index in [2.05, 4.69) is 53.0 Å². The summed E-state index contributed by atoms with van der Waals surface area (Å²) in [6, 6.07) is 4.42. The molecule has 0 aliphatic carbocycles. The number of piperidine rings is 1. The summed E-state index contributed by atoms with van der Waals surface area (Å²) < 4.78 is 0. The molecule has 0 spiro atoms. The molecule has 0 unspecified atom stereocenters. The van der Waals surface area contributed by atoms with Gasteiger partial charge in [0.2, 0.25) is 0 Å². The van der Waals surface area contributed by atoms with Gasteiger partial charge in [0.1, 0.15) is 10.7 Å². The third kappa shape index (κ3) is 7.76. The average molecular weight is 449 g/mol. The molecule has 0 atom stereocenters. The van der Waals surface area contributed by atoms with Crippen molar-refractivity contribution in [1.82, 2.24) is 20.1 Å². The minimum absolute atomic E-state index is 0.0443. The van der Waals surface area contributed by atoms with Gasteiger partial charge in [0.15, 0.2) is 0 Å². The third-order valence-corrected chi connectivity index (χ3v) is 7.32. The highest BCUT2D eigenvalue weighted by molar-refractivity contribution is 7.11. The van der Waals surface area contributed by atoms with E-state index in [1.54, 1.807) is 11.3 Å². The largest absolute Gasteiger partial charge is 0.349 e. The monoisotopic (exact) mass is 448 g/mol. The number of hydrogen-bond donors (Lipinski definition) is 1. The van der Waals surface area contributed by atoms with Crippen molar-refractivity contribution in [2.24, 2.45) is 5.92 Å². The molecule has 1 amide bonds. The lowest BCUT2D eigenvalue weighted by Gasteiger charge is -2.26. The summed E-state index contributed by atoms with van der Waals surface area (Å²) in [6.07, 6.45) is 5.06. The van der Waals surface area contributed by atoms with E-state index in [4.69, 9.17) is 0 Å². The lowest BCUT2D eigenvalue weighted by Crippen LogP contribution is -2.37. The summed E-state index contributed by atoms with van der Waals surface area (Å²) in [5.74, 6) is 0.632. The highest BCUT2D eigenvalue weighted by Gasteiger charge is 2.15. The standard InChI is InChI=1S/C23H36N4OS2/c1-18(2)9-13-27(15-20-8-7-19(3)30-20)16-22-25-21(17-29-22)23(28)24-10-14-26-11-5-4-6-12-26/h7-8,17-18H,4-6,9-16H2,1-3H3,(H,24,28). The number of hydrogen-bond acceptors (Lipinski definition) is 6. The van der Waals surface area contributed by atoms with Gasteiger partial charge in [-0.3, -0.25) is 9.69 Å². The van der Waals surface area contributed by atoms with E-state index in [0.29, 0.717) is 18.2 Å². The summed E-state index contributed by atoms with van der Waals surface area (Å²) in [5, 5.41) is 5.97. The molecule has 2 aromatic heterocycles. The lowest BCUT2D eigenvalue weighted by molar-refractivity contribution is 0.0942. The maximum atomic E-state index is 12.5. The Hall–Kier alpha value is -1.28. The fourth-order valence-corrected chi connectivity index (χ4v) is 5.47. The molecule has 1 fully saturated rings. The van der Waals surface area contributed by atoms with Crippen molar-refractivity contribution in [2.45, 2.75) is 59.5 Å². The summed E-state index contributed by atoms with van der Waals surface area (Å²) in [4.78, 5) is 24.8. The summed E-state index contributed by atoms with van der Waals surface area (Å²) >= 11 is 3.46. The van der Waals surface area contributed by atoms with Crippen LogP contribution >= 0.6 is 22.7 Å². The van der Waals surface area contributed by atoms with Gasteiger partial charge in [0, 0.05) is 34.8 Å². The molecule has 1 saturated heterocycles. The first kappa shape index (κ1) is 23.4. The molecule has 30 heavy (non-hydrogen) atoms. The Bertz CT molecular complexity index is 780. The van der Waals surface area contributed by atoms with E-state index in [-0.39, 0.29) is 5.91 Å². The normalized spacial score (nSPS) is 15.2. The second kappa shape index (κ2) is 11.9. The predicted molar refractivity (Wildman–Crippen MR) is 127 cm³/mol. The summed E-state index contributed by atoms with van der Waals surface area (Å²) in [6.45, 7) is 13.4. The number of likely N-dealkylation sites (tertiary alicyclic amines) is 1. The molecule has 5 nitrogen and oxygen atoms in total. The van der Waals surface area contributed by atoms with Crippen molar-refractivity contribution in [3.8, 4) is 0 Å². The van der Waals surface area contributed by atoms with Crippen LogP contribution < -0.4 is 5.32 Å². The first-order chi connectivity index (χ1) is 14.5. The zero-order valence-electron chi connectivity index (χ0n) is 18.7. The number of aromatic nitrogens is 1. The van der Waals surface area contributed by atoms with E-state index in [1.807, 2.05) is 16.7 Å². The molecular formula is C23H36N4OS2. The van der Waals surface area contributed by atoms with E-state index >= 15 is 0 Å². The Morgan fingerprint density at radius 1 is 1.23 bits per heavy atom. The van der Waals surface area contributed by atoms with Crippen molar-refractivity contribution in [3.05, 3.63) is 38.0 Å². The molecule has 0 radical (unpaired) electrons. The highest BCUT2D eigenvalue weighted by Crippen LogP contribution is 2.20. The Kier molecular flexibility index (Phi) is 9.30. The smallest absolute Gasteiger partial charge is 0.270 e. The zero-order chi connectivity index (χ0) is 21.3. The fourth-order valence-electron chi connectivity index (χ4n) is 3.73. The quantitative estimate of drug-likeness (QED) is 0.538. The molecule has 2 aromatic rings. The van der Waals surface area contributed by atoms with Crippen molar-refractivity contribution in [2.75, 3.05) is 32.7 Å². The van der Waals surface area contributed by atoms with Gasteiger partial charge in [0.25, 0.3) is 5.91 Å². The van der Waals surface area contributed by atoms with Crippen LogP contribution in [0.5, 0.6) is 0 Å². The topological polar surface area (TPSA) is 48.5 Å². The highest BCUT2D eigenvalue weighted by atomic mass is 32.1. The second-order valence-electron chi connectivity index (χ2n) is 8.69. The van der Waals surface area contributed by atoms with E-state index < -0.39 is 0 Å². The summed E-state index contributed by atoms with van der Waals surface area (Å²) in [5.41, 5.74) is 0.560. The molecule has 1 aliphatic heterocycles. The lowest BCUT2D eigenvalue weighted by atomic mass is 10.1. The number of carbonyl (C=O) groups excluding carboxylic acids is 1.